The Morgan fingerprint density at radius 2 is 2.06 bits per heavy atom. The molecule has 1 heterocycles. The number of carbonyl (C=O) groups is 1. The van der Waals surface area contributed by atoms with Crippen LogP contribution in [0, 0.1) is 13.8 Å². The van der Waals surface area contributed by atoms with Crippen molar-refractivity contribution in [2.75, 3.05) is 0 Å². The van der Waals surface area contributed by atoms with E-state index in [0.717, 1.165) is 10.5 Å². The lowest BCUT2D eigenvalue weighted by atomic mass is 10.2. The molecule has 0 spiro atoms. The summed E-state index contributed by atoms with van der Waals surface area (Å²) in [6.45, 7) is 4.05. The first kappa shape index (κ1) is 12.6. The van der Waals surface area contributed by atoms with E-state index in [1.165, 1.54) is 23.5 Å². The van der Waals surface area contributed by atoms with Crippen LogP contribution >= 0.6 is 11.8 Å². The third-order valence-electron chi connectivity index (χ3n) is 2.38. The Hall–Kier alpha value is -1.88. The lowest BCUT2D eigenvalue weighted by Gasteiger charge is -2.05. The maximum absolute atomic E-state index is 10.8. The molecule has 92 valence electrons. The Balaban J connectivity index is 2.28. The first-order valence-electron chi connectivity index (χ1n) is 5.36. The van der Waals surface area contributed by atoms with Gasteiger partial charge in [0.2, 0.25) is 0 Å². The minimum Gasteiger partial charge on any atom is -0.476 e. The number of hydrogen-bond donors (Lipinski definition) is 1. The van der Waals surface area contributed by atoms with Crippen molar-refractivity contribution in [3.8, 4) is 0 Å². The van der Waals surface area contributed by atoms with E-state index in [1.807, 2.05) is 26.0 Å². The lowest BCUT2D eigenvalue weighted by molar-refractivity contribution is 0.0689. The highest BCUT2D eigenvalue weighted by Gasteiger charge is 2.08. The van der Waals surface area contributed by atoms with Gasteiger partial charge < -0.3 is 5.11 Å². The molecule has 0 aliphatic carbocycles. The van der Waals surface area contributed by atoms with Crippen LogP contribution in [0.5, 0.6) is 0 Å². The average molecular weight is 260 g/mol. The van der Waals surface area contributed by atoms with Gasteiger partial charge in [0.1, 0.15) is 5.03 Å². The van der Waals surface area contributed by atoms with Crippen LogP contribution in [0.2, 0.25) is 0 Å². The van der Waals surface area contributed by atoms with E-state index in [-0.39, 0.29) is 5.69 Å². The zero-order valence-electron chi connectivity index (χ0n) is 10.0. The molecular formula is C13H12N2O2S. The lowest BCUT2D eigenvalue weighted by Crippen LogP contribution is -2.01. The van der Waals surface area contributed by atoms with Gasteiger partial charge in [-0.25, -0.2) is 9.78 Å². The second kappa shape index (κ2) is 5.18. The summed E-state index contributed by atoms with van der Waals surface area (Å²) in [6.07, 6.45) is 2.81. The van der Waals surface area contributed by atoms with Crippen molar-refractivity contribution < 1.29 is 9.90 Å². The summed E-state index contributed by atoms with van der Waals surface area (Å²) >= 11 is 1.42. The van der Waals surface area contributed by atoms with Crippen molar-refractivity contribution in [2.45, 2.75) is 23.8 Å². The van der Waals surface area contributed by atoms with Crippen LogP contribution in [-0.2, 0) is 0 Å². The van der Waals surface area contributed by atoms with E-state index in [9.17, 15) is 4.79 Å². The summed E-state index contributed by atoms with van der Waals surface area (Å²) in [5.41, 5.74) is 2.30. The normalized spacial score (nSPS) is 10.3. The molecular weight excluding hydrogens is 248 g/mol. The molecule has 0 radical (unpaired) electrons. The van der Waals surface area contributed by atoms with Crippen molar-refractivity contribution in [2.24, 2.45) is 0 Å². The number of carboxylic acid groups (broad SMARTS) is 1. The van der Waals surface area contributed by atoms with Crippen molar-refractivity contribution in [3.63, 3.8) is 0 Å². The fraction of sp³-hybridized carbons (Fsp3) is 0.154. The molecule has 4 nitrogen and oxygen atoms in total. The smallest absolute Gasteiger partial charge is 0.356 e. The van der Waals surface area contributed by atoms with Crippen LogP contribution in [0.4, 0.5) is 0 Å². The van der Waals surface area contributed by atoms with Crippen LogP contribution in [0.15, 0.2) is 40.5 Å². The summed E-state index contributed by atoms with van der Waals surface area (Å²) < 4.78 is 0. The quantitative estimate of drug-likeness (QED) is 0.919. The Morgan fingerprint density at radius 1 is 1.28 bits per heavy atom. The maximum Gasteiger partial charge on any atom is 0.356 e. The Morgan fingerprint density at radius 3 is 2.72 bits per heavy atom. The maximum atomic E-state index is 10.8. The Labute approximate surface area is 109 Å². The van der Waals surface area contributed by atoms with Crippen molar-refractivity contribution >= 4 is 17.7 Å². The van der Waals surface area contributed by atoms with Crippen LogP contribution in [-0.4, -0.2) is 21.0 Å². The number of aryl methyl sites for hydroxylation is 2. The van der Waals surface area contributed by atoms with Gasteiger partial charge in [0, 0.05) is 4.90 Å². The summed E-state index contributed by atoms with van der Waals surface area (Å²) in [7, 11) is 0. The zero-order chi connectivity index (χ0) is 13.1. The van der Waals surface area contributed by atoms with Gasteiger partial charge in [-0.2, -0.15) is 0 Å². The largest absolute Gasteiger partial charge is 0.476 e. The average Bonchev–Trinajstić information content (AvgIpc) is 2.33. The second-order valence-corrected chi connectivity index (χ2v) is 4.98. The summed E-state index contributed by atoms with van der Waals surface area (Å²) in [5.74, 6) is -1.06. The molecule has 1 aromatic heterocycles. The highest BCUT2D eigenvalue weighted by molar-refractivity contribution is 7.99. The van der Waals surface area contributed by atoms with Crippen molar-refractivity contribution in [3.05, 3.63) is 47.4 Å². The predicted molar refractivity (Wildman–Crippen MR) is 69.0 cm³/mol. The number of carboxylic acids is 1. The Bertz CT molecular complexity index is 599. The van der Waals surface area contributed by atoms with Gasteiger partial charge in [-0.05, 0) is 25.5 Å². The van der Waals surface area contributed by atoms with Crippen LogP contribution < -0.4 is 0 Å². The highest BCUT2D eigenvalue weighted by atomic mass is 32.2. The number of aromatic nitrogens is 2. The summed E-state index contributed by atoms with van der Waals surface area (Å²) in [5, 5.41) is 9.44. The fourth-order valence-electron chi connectivity index (χ4n) is 1.53. The van der Waals surface area contributed by atoms with E-state index in [1.54, 1.807) is 6.20 Å². The molecule has 0 aliphatic rings. The van der Waals surface area contributed by atoms with Gasteiger partial charge >= 0.3 is 5.97 Å². The Kier molecular flexibility index (Phi) is 3.62. The molecule has 0 fully saturated rings. The van der Waals surface area contributed by atoms with E-state index >= 15 is 0 Å². The molecule has 0 saturated carbocycles. The third kappa shape index (κ3) is 2.87. The number of aromatic carboxylic acids is 1. The summed E-state index contributed by atoms with van der Waals surface area (Å²) in [4.78, 5) is 19.8. The van der Waals surface area contributed by atoms with Gasteiger partial charge in [0.05, 0.1) is 12.4 Å². The second-order valence-electron chi connectivity index (χ2n) is 3.92. The monoisotopic (exact) mass is 260 g/mol. The van der Waals surface area contributed by atoms with Gasteiger partial charge in [-0.1, -0.05) is 29.5 Å². The van der Waals surface area contributed by atoms with Gasteiger partial charge in [0.25, 0.3) is 0 Å². The first-order valence-corrected chi connectivity index (χ1v) is 6.18. The molecule has 0 aliphatic heterocycles. The van der Waals surface area contributed by atoms with Crippen LogP contribution in [0.1, 0.15) is 21.6 Å². The molecule has 0 unspecified atom stereocenters. The minimum absolute atomic E-state index is 0.0373. The molecule has 2 aromatic rings. The summed E-state index contributed by atoms with van der Waals surface area (Å²) in [6, 6.07) is 6.10. The van der Waals surface area contributed by atoms with Crippen LogP contribution in [0.25, 0.3) is 0 Å². The van der Waals surface area contributed by atoms with E-state index in [2.05, 4.69) is 16.0 Å². The SMILES string of the molecule is Cc1ccc(Sc2cncc(C(=O)O)n2)c(C)c1. The zero-order valence-corrected chi connectivity index (χ0v) is 10.9. The topological polar surface area (TPSA) is 63.1 Å². The fourth-order valence-corrected chi connectivity index (χ4v) is 2.37. The number of rotatable bonds is 3. The predicted octanol–water partition coefficient (Wildman–Crippen LogP) is 2.94. The van der Waals surface area contributed by atoms with E-state index < -0.39 is 5.97 Å². The molecule has 18 heavy (non-hydrogen) atoms. The molecule has 5 heteroatoms. The first-order chi connectivity index (χ1) is 8.56. The number of nitrogens with zero attached hydrogens (tertiary/aromatic N) is 2. The standard InChI is InChI=1S/C13H12N2O2S/c1-8-3-4-11(9(2)5-8)18-12-7-14-6-10(15-12)13(16)17/h3-7H,1-2H3,(H,16,17). The van der Waals surface area contributed by atoms with E-state index in [4.69, 9.17) is 5.11 Å². The number of benzene rings is 1. The number of hydrogen-bond acceptors (Lipinski definition) is 4. The molecule has 1 aromatic carbocycles. The van der Waals surface area contributed by atoms with Gasteiger partial charge in [0.15, 0.2) is 5.69 Å². The van der Waals surface area contributed by atoms with Crippen molar-refractivity contribution in [1.29, 1.82) is 0 Å². The molecule has 1 N–H and O–H groups in total. The molecule has 2 rings (SSSR count). The van der Waals surface area contributed by atoms with Crippen molar-refractivity contribution in [1.82, 2.24) is 9.97 Å². The van der Waals surface area contributed by atoms with Crippen LogP contribution in [0.3, 0.4) is 0 Å². The third-order valence-corrected chi connectivity index (χ3v) is 3.46. The molecule has 0 amide bonds. The van der Waals surface area contributed by atoms with Gasteiger partial charge in [-0.15, -0.1) is 0 Å². The molecule has 0 bridgehead atoms. The highest BCUT2D eigenvalue weighted by Crippen LogP contribution is 2.28. The van der Waals surface area contributed by atoms with E-state index in [0.29, 0.717) is 5.03 Å². The molecule has 0 atom stereocenters. The van der Waals surface area contributed by atoms with Gasteiger partial charge in [-0.3, -0.25) is 4.98 Å². The minimum atomic E-state index is -1.06. The molecule has 0 saturated heterocycles.